The van der Waals surface area contributed by atoms with Crippen molar-refractivity contribution in [2.75, 3.05) is 5.65 Å². The minimum absolute atomic E-state index is 0. The van der Waals surface area contributed by atoms with Crippen LogP contribution in [0.25, 0.3) is 0 Å². The molecule has 0 aliphatic carbocycles. The zero-order chi connectivity index (χ0) is 9.03. The van der Waals surface area contributed by atoms with Crippen LogP contribution in [-0.4, -0.2) is 22.6 Å². The van der Waals surface area contributed by atoms with Crippen LogP contribution in [0.4, 0.5) is 12.9 Å². The van der Waals surface area contributed by atoms with Crippen LogP contribution in [0, 0.1) is 0 Å². The minimum atomic E-state index is -4.73. The molecule has 0 unspecified atom stereocenters. The van der Waals surface area contributed by atoms with E-state index in [9.17, 15) is 12.9 Å². The summed E-state index contributed by atoms with van der Waals surface area (Å²) in [4.78, 5) is 7.23. The number of hydrogen-bond donors (Lipinski definition) is 0. The summed E-state index contributed by atoms with van der Waals surface area (Å²) in [6.07, 6.45) is 2.64. The SMILES string of the molecule is F[B-](F)(F)CSc1ccncn1.[K+]. The predicted octanol–water partition coefficient (Wildman–Crippen LogP) is -1.04. The molecule has 1 aromatic heterocycles. The van der Waals surface area contributed by atoms with Crippen LogP contribution in [0.15, 0.2) is 23.6 Å². The molecule has 0 saturated heterocycles. The van der Waals surface area contributed by atoms with Gasteiger partial charge in [0.15, 0.2) is 0 Å². The Morgan fingerprint density at radius 3 is 2.54 bits per heavy atom. The number of thioether (sulfide) groups is 1. The molecule has 2 nitrogen and oxygen atoms in total. The summed E-state index contributed by atoms with van der Waals surface area (Å²) in [7, 11) is 0. The van der Waals surface area contributed by atoms with Gasteiger partial charge in [-0.15, -0.1) is 11.8 Å². The van der Waals surface area contributed by atoms with Gasteiger partial charge in [0.05, 0.1) is 5.03 Å². The number of aromatic nitrogens is 2. The molecule has 0 amide bonds. The van der Waals surface area contributed by atoms with E-state index in [0.717, 1.165) is 0 Å². The minimum Gasteiger partial charge on any atom is -0.448 e. The Morgan fingerprint density at radius 2 is 2.08 bits per heavy atom. The maximum atomic E-state index is 11.7. The quantitative estimate of drug-likeness (QED) is 0.378. The van der Waals surface area contributed by atoms with Crippen LogP contribution in [0.1, 0.15) is 0 Å². The van der Waals surface area contributed by atoms with Crippen molar-refractivity contribution in [3.05, 3.63) is 18.6 Å². The van der Waals surface area contributed by atoms with Crippen molar-refractivity contribution < 1.29 is 64.3 Å². The second-order valence-corrected chi connectivity index (χ2v) is 3.11. The largest absolute Gasteiger partial charge is 1.00 e. The third-order valence-corrected chi connectivity index (χ3v) is 2.06. The monoisotopic (exact) mass is 232 g/mol. The van der Waals surface area contributed by atoms with Gasteiger partial charge in [0.2, 0.25) is 0 Å². The van der Waals surface area contributed by atoms with E-state index in [1.807, 2.05) is 0 Å². The summed E-state index contributed by atoms with van der Waals surface area (Å²) in [5.41, 5.74) is -0.850. The summed E-state index contributed by atoms with van der Waals surface area (Å²) in [6.45, 7) is -4.73. The number of halogens is 3. The van der Waals surface area contributed by atoms with E-state index in [0.29, 0.717) is 16.8 Å². The summed E-state index contributed by atoms with van der Waals surface area (Å²) in [6, 6.07) is 1.45. The summed E-state index contributed by atoms with van der Waals surface area (Å²) < 4.78 is 35.2. The van der Waals surface area contributed by atoms with Crippen molar-refractivity contribution in [3.8, 4) is 0 Å². The fourth-order valence-electron chi connectivity index (χ4n) is 0.544. The van der Waals surface area contributed by atoms with Gasteiger partial charge in [0, 0.05) is 6.20 Å². The molecule has 8 heteroatoms. The molecule has 0 fully saturated rings. The summed E-state index contributed by atoms with van der Waals surface area (Å²) in [5.74, 6) is 0. The summed E-state index contributed by atoms with van der Waals surface area (Å²) in [5, 5.41) is 0.351. The molecule has 0 aliphatic heterocycles. The van der Waals surface area contributed by atoms with E-state index in [4.69, 9.17) is 0 Å². The first-order chi connectivity index (χ1) is 5.58. The van der Waals surface area contributed by atoms with Crippen molar-refractivity contribution >= 4 is 18.7 Å². The van der Waals surface area contributed by atoms with Crippen LogP contribution in [0.2, 0.25) is 0 Å². The number of nitrogens with zero attached hydrogens (tertiary/aromatic N) is 2. The van der Waals surface area contributed by atoms with E-state index in [2.05, 4.69) is 9.97 Å². The Kier molecular flexibility index (Phi) is 6.87. The van der Waals surface area contributed by atoms with E-state index in [1.54, 1.807) is 0 Å². The third-order valence-electron chi connectivity index (χ3n) is 0.975. The van der Waals surface area contributed by atoms with E-state index < -0.39 is 12.6 Å². The first-order valence-electron chi connectivity index (χ1n) is 3.18. The van der Waals surface area contributed by atoms with Crippen LogP contribution in [0.3, 0.4) is 0 Å². The van der Waals surface area contributed by atoms with Crippen LogP contribution >= 0.6 is 11.8 Å². The first-order valence-corrected chi connectivity index (χ1v) is 4.16. The van der Waals surface area contributed by atoms with E-state index in [1.165, 1.54) is 18.6 Å². The van der Waals surface area contributed by atoms with Gasteiger partial charge in [-0.2, -0.15) is 0 Å². The van der Waals surface area contributed by atoms with Gasteiger partial charge < -0.3 is 12.9 Å². The van der Waals surface area contributed by atoms with Crippen molar-refractivity contribution in [3.63, 3.8) is 0 Å². The molecule has 1 heterocycles. The molecule has 1 aromatic rings. The Hall–Kier alpha value is 0.921. The molecule has 0 spiro atoms. The van der Waals surface area contributed by atoms with Crippen LogP contribution < -0.4 is 51.4 Å². The first kappa shape index (κ1) is 13.9. The Bertz CT molecular complexity index is 245. The zero-order valence-electron chi connectivity index (χ0n) is 6.95. The predicted molar refractivity (Wildman–Crippen MR) is 41.8 cm³/mol. The van der Waals surface area contributed by atoms with Crippen molar-refractivity contribution in [1.82, 2.24) is 9.97 Å². The molecule has 0 radical (unpaired) electrons. The number of hydrogen-bond acceptors (Lipinski definition) is 3. The van der Waals surface area contributed by atoms with Crippen LogP contribution in [-0.2, 0) is 0 Å². The Balaban J connectivity index is 0.00000144. The standard InChI is InChI=1S/C5H5BF3N2S.K/c7-6(8,9)3-12-5-1-2-10-4-11-5;/h1-2,4H,3H2;/q-1;+1. The Morgan fingerprint density at radius 1 is 1.38 bits per heavy atom. The average Bonchev–Trinajstić information content (AvgIpc) is 2.02. The molecule has 1 rings (SSSR count). The van der Waals surface area contributed by atoms with Gasteiger partial charge >= 0.3 is 58.4 Å². The maximum absolute atomic E-state index is 11.7. The van der Waals surface area contributed by atoms with Gasteiger partial charge in [0.25, 0.3) is 0 Å². The molecule has 0 aromatic carbocycles. The Labute approximate surface area is 121 Å². The summed E-state index contributed by atoms with van der Waals surface area (Å²) >= 11 is 0.679. The second-order valence-electron chi connectivity index (χ2n) is 2.07. The average molecular weight is 232 g/mol. The molecule has 0 saturated carbocycles. The van der Waals surface area contributed by atoms with Crippen molar-refractivity contribution in [1.29, 1.82) is 0 Å². The molecule has 0 aliphatic rings. The van der Waals surface area contributed by atoms with Crippen LogP contribution in [0.5, 0.6) is 0 Å². The van der Waals surface area contributed by atoms with Gasteiger partial charge in [-0.25, -0.2) is 9.97 Å². The molecule has 0 atom stereocenters. The van der Waals surface area contributed by atoms with E-state index >= 15 is 0 Å². The molecule has 0 bridgehead atoms. The van der Waals surface area contributed by atoms with E-state index in [-0.39, 0.29) is 51.4 Å². The smallest absolute Gasteiger partial charge is 0.448 e. The van der Waals surface area contributed by atoms with Crippen molar-refractivity contribution in [2.45, 2.75) is 5.03 Å². The fraction of sp³-hybridized carbons (Fsp3) is 0.200. The third kappa shape index (κ3) is 6.92. The molecule has 13 heavy (non-hydrogen) atoms. The maximum Gasteiger partial charge on any atom is 1.00 e. The van der Waals surface area contributed by atoms with Gasteiger partial charge in [-0.1, -0.05) is 0 Å². The zero-order valence-corrected chi connectivity index (χ0v) is 10.9. The van der Waals surface area contributed by atoms with Gasteiger partial charge in [-0.3, -0.25) is 0 Å². The van der Waals surface area contributed by atoms with Gasteiger partial charge in [-0.05, 0) is 11.7 Å². The number of rotatable bonds is 3. The molecular weight excluding hydrogens is 227 g/mol. The van der Waals surface area contributed by atoms with Gasteiger partial charge in [0.1, 0.15) is 6.33 Å². The normalized spacial score (nSPS) is 10.7. The molecule has 66 valence electrons. The fourth-order valence-corrected chi connectivity index (χ4v) is 1.18. The molecule has 0 N–H and O–H groups in total. The second kappa shape index (κ2) is 6.41. The topological polar surface area (TPSA) is 25.8 Å². The molecular formula is C5H5BF3KN2S. The van der Waals surface area contributed by atoms with Crippen molar-refractivity contribution in [2.24, 2.45) is 0 Å².